The van der Waals surface area contributed by atoms with Gasteiger partial charge in [-0.05, 0) is 6.07 Å². The lowest BCUT2D eigenvalue weighted by Crippen LogP contribution is -2.07. The number of para-hydroxylation sites is 1. The number of fused-ring (bicyclic) bond motifs is 1. The van der Waals surface area contributed by atoms with Crippen molar-refractivity contribution in [2.24, 2.45) is 0 Å². The average Bonchev–Trinajstić information content (AvgIpc) is 2.91. The molecule has 0 spiro atoms. The Morgan fingerprint density at radius 2 is 2.10 bits per heavy atom. The Morgan fingerprint density at radius 1 is 1.25 bits per heavy atom. The molecule has 6 nitrogen and oxygen atoms in total. The molecule has 3 aromatic rings. The lowest BCUT2D eigenvalue weighted by Gasteiger charge is -2.08. The number of methoxy groups -OCH3 is 1. The van der Waals surface area contributed by atoms with Crippen molar-refractivity contribution in [1.29, 1.82) is 0 Å². The molecule has 6 heteroatoms. The topological polar surface area (TPSA) is 64.9 Å². The minimum Gasteiger partial charge on any atom is -0.377 e. The summed E-state index contributed by atoms with van der Waals surface area (Å²) in [5.74, 6) is 2.08. The highest BCUT2D eigenvalue weighted by molar-refractivity contribution is 5.79. The van der Waals surface area contributed by atoms with Crippen LogP contribution in [0.4, 0.5) is 5.82 Å². The first kappa shape index (κ1) is 12.6. The quantitative estimate of drug-likeness (QED) is 0.784. The second-order valence-electron chi connectivity index (χ2n) is 4.33. The smallest absolute Gasteiger partial charge is 0.159 e. The van der Waals surface area contributed by atoms with Crippen LogP contribution >= 0.6 is 0 Å². The molecule has 0 atom stereocenters. The predicted octanol–water partition coefficient (Wildman–Crippen LogP) is 2.00. The zero-order valence-electron chi connectivity index (χ0n) is 11.4. The first-order valence-electron chi connectivity index (χ1n) is 6.29. The molecule has 0 amide bonds. The first-order chi connectivity index (χ1) is 9.81. The maximum atomic E-state index is 5.10. The van der Waals surface area contributed by atoms with Crippen molar-refractivity contribution < 1.29 is 4.74 Å². The Kier molecular flexibility index (Phi) is 3.30. The van der Waals surface area contributed by atoms with Crippen molar-refractivity contribution in [2.45, 2.75) is 6.61 Å². The number of ether oxygens (including phenoxy) is 1. The third-order valence-corrected chi connectivity index (χ3v) is 2.98. The van der Waals surface area contributed by atoms with Gasteiger partial charge in [0.1, 0.15) is 12.4 Å². The van der Waals surface area contributed by atoms with Gasteiger partial charge in [0.15, 0.2) is 11.6 Å². The fraction of sp³-hybridized carbons (Fsp3) is 0.214. The molecule has 102 valence electrons. The van der Waals surface area contributed by atoms with Crippen LogP contribution in [-0.4, -0.2) is 33.9 Å². The molecular formula is C14H15N5O. The van der Waals surface area contributed by atoms with Crippen molar-refractivity contribution in [2.75, 3.05) is 19.5 Å². The maximum absolute atomic E-state index is 5.10. The molecule has 2 heterocycles. The highest BCUT2D eigenvalue weighted by Gasteiger charge is 2.09. The number of nitrogens with zero attached hydrogens (tertiary/aromatic N) is 4. The largest absolute Gasteiger partial charge is 0.377 e. The van der Waals surface area contributed by atoms with E-state index in [0.29, 0.717) is 12.4 Å². The normalized spacial score (nSPS) is 10.9. The molecule has 1 N–H and O–H groups in total. The van der Waals surface area contributed by atoms with Gasteiger partial charge in [-0.15, -0.1) is 0 Å². The van der Waals surface area contributed by atoms with Gasteiger partial charge in [0, 0.05) is 25.6 Å². The monoisotopic (exact) mass is 269 g/mol. The van der Waals surface area contributed by atoms with E-state index in [4.69, 9.17) is 4.74 Å². The number of hydrogen-bond acceptors (Lipinski definition) is 5. The van der Waals surface area contributed by atoms with Crippen LogP contribution in [0.25, 0.3) is 16.7 Å². The summed E-state index contributed by atoms with van der Waals surface area (Å²) in [5, 5.41) is 8.50. The summed E-state index contributed by atoms with van der Waals surface area (Å²) in [6, 6.07) is 9.87. The number of hydrogen-bond donors (Lipinski definition) is 1. The molecule has 0 aliphatic rings. The van der Waals surface area contributed by atoms with E-state index >= 15 is 0 Å². The second kappa shape index (κ2) is 5.26. The molecule has 0 bridgehead atoms. The van der Waals surface area contributed by atoms with Crippen LogP contribution < -0.4 is 5.32 Å². The summed E-state index contributed by atoms with van der Waals surface area (Å²) < 4.78 is 6.91. The van der Waals surface area contributed by atoms with Crippen LogP contribution in [0.15, 0.2) is 36.5 Å². The van der Waals surface area contributed by atoms with E-state index in [0.717, 1.165) is 22.5 Å². The van der Waals surface area contributed by atoms with E-state index in [1.807, 2.05) is 43.6 Å². The Hall–Kier alpha value is -2.47. The maximum Gasteiger partial charge on any atom is 0.159 e. The van der Waals surface area contributed by atoms with Gasteiger partial charge in [-0.3, -0.25) is 0 Å². The third kappa shape index (κ3) is 2.21. The van der Waals surface area contributed by atoms with E-state index < -0.39 is 0 Å². The Labute approximate surface area is 116 Å². The Bertz CT molecular complexity index is 737. The summed E-state index contributed by atoms with van der Waals surface area (Å²) in [4.78, 5) is 8.83. The minimum absolute atomic E-state index is 0.363. The predicted molar refractivity (Wildman–Crippen MR) is 76.9 cm³/mol. The fourth-order valence-electron chi connectivity index (χ4n) is 2.07. The highest BCUT2D eigenvalue weighted by Crippen LogP contribution is 2.18. The van der Waals surface area contributed by atoms with Gasteiger partial charge in [0.05, 0.1) is 11.7 Å². The number of rotatable bonds is 4. The molecule has 1 aromatic carbocycles. The van der Waals surface area contributed by atoms with E-state index in [1.54, 1.807) is 11.8 Å². The van der Waals surface area contributed by atoms with Crippen molar-refractivity contribution in [3.05, 3.63) is 42.4 Å². The second-order valence-corrected chi connectivity index (χ2v) is 4.33. The van der Waals surface area contributed by atoms with Gasteiger partial charge >= 0.3 is 0 Å². The molecule has 0 aliphatic carbocycles. The summed E-state index contributed by atoms with van der Waals surface area (Å²) in [5.41, 5.74) is 1.01. The summed E-state index contributed by atoms with van der Waals surface area (Å²) in [7, 11) is 3.45. The van der Waals surface area contributed by atoms with E-state index in [1.165, 1.54) is 0 Å². The molecule has 0 fully saturated rings. The van der Waals surface area contributed by atoms with E-state index in [9.17, 15) is 0 Å². The standard InChI is InChI=1S/C14H15N5O/c1-15-12-7-14(18-13(17-12)9-20-2)19-11-6-4-3-5-10(11)8-16-19/h3-8H,9H2,1-2H3,(H,15,17,18). The van der Waals surface area contributed by atoms with Gasteiger partial charge in [-0.2, -0.15) is 5.10 Å². The molecule has 0 radical (unpaired) electrons. The molecule has 0 saturated carbocycles. The minimum atomic E-state index is 0.363. The van der Waals surface area contributed by atoms with Crippen LogP contribution in [0.3, 0.4) is 0 Å². The number of anilines is 1. The summed E-state index contributed by atoms with van der Waals surface area (Å²) in [6.07, 6.45) is 1.83. The van der Waals surface area contributed by atoms with Gasteiger partial charge in [-0.25, -0.2) is 14.6 Å². The Morgan fingerprint density at radius 3 is 2.90 bits per heavy atom. The molecular weight excluding hydrogens is 254 g/mol. The van der Waals surface area contributed by atoms with E-state index in [-0.39, 0.29) is 0 Å². The van der Waals surface area contributed by atoms with Crippen LogP contribution in [0.1, 0.15) is 5.82 Å². The average molecular weight is 269 g/mol. The molecule has 3 rings (SSSR count). The first-order valence-corrected chi connectivity index (χ1v) is 6.29. The molecule has 0 unspecified atom stereocenters. The van der Waals surface area contributed by atoms with Gasteiger partial charge < -0.3 is 10.1 Å². The van der Waals surface area contributed by atoms with Crippen LogP contribution in [0, 0.1) is 0 Å². The van der Waals surface area contributed by atoms with Gasteiger partial charge in [-0.1, -0.05) is 18.2 Å². The lowest BCUT2D eigenvalue weighted by atomic mass is 10.2. The van der Waals surface area contributed by atoms with Crippen molar-refractivity contribution >= 4 is 16.7 Å². The number of aromatic nitrogens is 4. The fourth-order valence-corrected chi connectivity index (χ4v) is 2.07. The number of benzene rings is 1. The van der Waals surface area contributed by atoms with Crippen molar-refractivity contribution in [3.8, 4) is 5.82 Å². The van der Waals surface area contributed by atoms with E-state index in [2.05, 4.69) is 20.4 Å². The van der Waals surface area contributed by atoms with Crippen molar-refractivity contribution in [3.63, 3.8) is 0 Å². The summed E-state index contributed by atoms with van der Waals surface area (Å²) >= 11 is 0. The highest BCUT2D eigenvalue weighted by atomic mass is 16.5. The molecule has 0 aliphatic heterocycles. The van der Waals surface area contributed by atoms with Gasteiger partial charge in [0.2, 0.25) is 0 Å². The SMILES string of the molecule is CNc1cc(-n2ncc3ccccc32)nc(COC)n1. The van der Waals surface area contributed by atoms with Crippen molar-refractivity contribution in [1.82, 2.24) is 19.7 Å². The zero-order valence-corrected chi connectivity index (χ0v) is 11.4. The van der Waals surface area contributed by atoms with Crippen LogP contribution in [0.2, 0.25) is 0 Å². The summed E-state index contributed by atoms with van der Waals surface area (Å²) in [6.45, 7) is 0.363. The number of nitrogens with one attached hydrogen (secondary N) is 1. The van der Waals surface area contributed by atoms with Gasteiger partial charge in [0.25, 0.3) is 0 Å². The zero-order chi connectivity index (χ0) is 13.9. The molecule has 2 aromatic heterocycles. The Balaban J connectivity index is 2.15. The lowest BCUT2D eigenvalue weighted by molar-refractivity contribution is 0.178. The van der Waals surface area contributed by atoms with Crippen LogP contribution in [0.5, 0.6) is 0 Å². The van der Waals surface area contributed by atoms with Crippen LogP contribution in [-0.2, 0) is 11.3 Å². The molecule has 20 heavy (non-hydrogen) atoms. The third-order valence-electron chi connectivity index (χ3n) is 2.98. The molecule has 0 saturated heterocycles.